The first kappa shape index (κ1) is 18.2. The standard InChI is InChI=1S/C20H31N3O2/c1-17-14-19(8-13-25-17)15-21-20(24)23-10-5-9-22(11-12-23)16-18-6-3-2-4-7-18/h2-4,6-7,17,19H,5,8-16H2,1H3,(H,21,24)/t17-,19-/m1/s1. The second-order valence-corrected chi connectivity index (χ2v) is 7.36. The first-order valence-corrected chi connectivity index (χ1v) is 9.61. The van der Waals surface area contributed by atoms with Crippen molar-refractivity contribution in [2.24, 2.45) is 5.92 Å². The van der Waals surface area contributed by atoms with Gasteiger partial charge in [0.25, 0.3) is 0 Å². The third kappa shape index (κ3) is 5.72. The predicted molar refractivity (Wildman–Crippen MR) is 99.4 cm³/mol. The van der Waals surface area contributed by atoms with Crippen molar-refractivity contribution in [2.75, 3.05) is 39.3 Å². The number of nitrogens with one attached hydrogen (secondary N) is 1. The van der Waals surface area contributed by atoms with Gasteiger partial charge in [-0.05, 0) is 37.7 Å². The minimum atomic E-state index is 0.0979. The molecule has 1 aromatic carbocycles. The van der Waals surface area contributed by atoms with Crippen LogP contribution in [-0.4, -0.2) is 61.3 Å². The molecule has 0 aromatic heterocycles. The maximum atomic E-state index is 12.5. The Labute approximate surface area is 151 Å². The van der Waals surface area contributed by atoms with Gasteiger partial charge in [0.1, 0.15) is 0 Å². The van der Waals surface area contributed by atoms with Gasteiger partial charge in [0.2, 0.25) is 0 Å². The Hall–Kier alpha value is -1.59. The highest BCUT2D eigenvalue weighted by Gasteiger charge is 2.22. The molecule has 2 heterocycles. The van der Waals surface area contributed by atoms with Crippen molar-refractivity contribution in [2.45, 2.75) is 38.8 Å². The molecule has 0 saturated carbocycles. The molecule has 2 fully saturated rings. The third-order valence-electron chi connectivity index (χ3n) is 5.26. The Bertz CT molecular complexity index is 537. The zero-order chi connectivity index (χ0) is 17.5. The van der Waals surface area contributed by atoms with Gasteiger partial charge < -0.3 is 15.0 Å². The van der Waals surface area contributed by atoms with Gasteiger partial charge in [0, 0.05) is 45.9 Å². The molecule has 0 unspecified atom stereocenters. The van der Waals surface area contributed by atoms with Crippen molar-refractivity contribution < 1.29 is 9.53 Å². The minimum absolute atomic E-state index is 0.0979. The van der Waals surface area contributed by atoms with Gasteiger partial charge in [-0.15, -0.1) is 0 Å². The van der Waals surface area contributed by atoms with E-state index in [0.717, 1.165) is 65.1 Å². The summed E-state index contributed by atoms with van der Waals surface area (Å²) in [5.41, 5.74) is 1.34. The summed E-state index contributed by atoms with van der Waals surface area (Å²) in [5, 5.41) is 3.15. The van der Waals surface area contributed by atoms with Gasteiger partial charge in [-0.2, -0.15) is 0 Å². The van der Waals surface area contributed by atoms with E-state index in [-0.39, 0.29) is 6.03 Å². The largest absolute Gasteiger partial charge is 0.378 e. The average Bonchev–Trinajstić information content (AvgIpc) is 2.86. The van der Waals surface area contributed by atoms with E-state index in [2.05, 4.69) is 47.5 Å². The van der Waals surface area contributed by atoms with Crippen LogP contribution in [0, 0.1) is 5.92 Å². The second kappa shape index (κ2) is 9.20. The molecular weight excluding hydrogens is 314 g/mol. The van der Waals surface area contributed by atoms with Gasteiger partial charge >= 0.3 is 6.03 Å². The average molecular weight is 345 g/mol. The normalized spacial score (nSPS) is 25.4. The molecule has 3 rings (SSSR count). The van der Waals surface area contributed by atoms with Gasteiger partial charge in [0.05, 0.1) is 6.10 Å². The van der Waals surface area contributed by atoms with Gasteiger partial charge in [-0.3, -0.25) is 4.90 Å². The van der Waals surface area contributed by atoms with E-state index >= 15 is 0 Å². The molecule has 5 nitrogen and oxygen atoms in total. The molecule has 2 aliphatic heterocycles. The van der Waals surface area contributed by atoms with Crippen LogP contribution in [0.4, 0.5) is 4.79 Å². The first-order chi connectivity index (χ1) is 12.2. The Kier molecular flexibility index (Phi) is 6.70. The lowest BCUT2D eigenvalue weighted by atomic mass is 9.96. The summed E-state index contributed by atoms with van der Waals surface area (Å²) in [6.45, 7) is 8.33. The zero-order valence-electron chi connectivity index (χ0n) is 15.3. The van der Waals surface area contributed by atoms with E-state index in [1.807, 2.05) is 4.90 Å². The van der Waals surface area contributed by atoms with Crippen molar-refractivity contribution in [1.82, 2.24) is 15.1 Å². The number of carbonyl (C=O) groups is 1. The molecule has 138 valence electrons. The lowest BCUT2D eigenvalue weighted by Gasteiger charge is -2.28. The third-order valence-corrected chi connectivity index (χ3v) is 5.26. The number of urea groups is 1. The molecule has 0 radical (unpaired) electrons. The van der Waals surface area contributed by atoms with Gasteiger partial charge in [-0.1, -0.05) is 30.3 Å². The summed E-state index contributed by atoms with van der Waals surface area (Å²) < 4.78 is 5.58. The number of nitrogens with zero attached hydrogens (tertiary/aromatic N) is 2. The maximum Gasteiger partial charge on any atom is 0.317 e. The Morgan fingerprint density at radius 1 is 1.20 bits per heavy atom. The lowest BCUT2D eigenvalue weighted by molar-refractivity contribution is 0.00324. The van der Waals surface area contributed by atoms with Crippen LogP contribution in [0.15, 0.2) is 30.3 Å². The van der Waals surface area contributed by atoms with Gasteiger partial charge in [-0.25, -0.2) is 4.79 Å². The molecule has 2 atom stereocenters. The van der Waals surface area contributed by atoms with Crippen LogP contribution in [0.3, 0.4) is 0 Å². The first-order valence-electron chi connectivity index (χ1n) is 9.61. The summed E-state index contributed by atoms with van der Waals surface area (Å²) in [6, 6.07) is 10.7. The summed E-state index contributed by atoms with van der Waals surface area (Å²) >= 11 is 0. The number of benzene rings is 1. The van der Waals surface area contributed by atoms with Gasteiger partial charge in [0.15, 0.2) is 0 Å². The fourth-order valence-corrected chi connectivity index (χ4v) is 3.79. The molecule has 1 aromatic rings. The highest BCUT2D eigenvalue weighted by Crippen LogP contribution is 2.19. The van der Waals surface area contributed by atoms with E-state index in [1.54, 1.807) is 0 Å². The van der Waals surface area contributed by atoms with Crippen LogP contribution in [-0.2, 0) is 11.3 Å². The fraction of sp³-hybridized carbons (Fsp3) is 0.650. The number of carbonyl (C=O) groups excluding carboxylic acids is 1. The summed E-state index contributed by atoms with van der Waals surface area (Å²) in [7, 11) is 0. The topological polar surface area (TPSA) is 44.8 Å². The number of rotatable bonds is 4. The molecule has 25 heavy (non-hydrogen) atoms. The van der Waals surface area contributed by atoms with Crippen LogP contribution in [0.25, 0.3) is 0 Å². The molecular formula is C20H31N3O2. The lowest BCUT2D eigenvalue weighted by Crippen LogP contribution is -2.44. The Morgan fingerprint density at radius 3 is 2.84 bits per heavy atom. The molecule has 0 spiro atoms. The quantitative estimate of drug-likeness (QED) is 0.913. The van der Waals surface area contributed by atoms with E-state index in [9.17, 15) is 4.79 Å². The Balaban J connectivity index is 1.41. The minimum Gasteiger partial charge on any atom is -0.378 e. The van der Waals surface area contributed by atoms with E-state index in [1.165, 1.54) is 5.56 Å². The molecule has 0 bridgehead atoms. The SMILES string of the molecule is C[C@@H]1C[C@H](CNC(=O)N2CCCN(Cc3ccccc3)CC2)CCO1. The molecule has 1 N–H and O–H groups in total. The molecule has 2 amide bonds. The van der Waals surface area contributed by atoms with E-state index < -0.39 is 0 Å². The van der Waals surface area contributed by atoms with Crippen LogP contribution >= 0.6 is 0 Å². The van der Waals surface area contributed by atoms with Crippen molar-refractivity contribution in [3.05, 3.63) is 35.9 Å². The molecule has 2 saturated heterocycles. The number of hydrogen-bond acceptors (Lipinski definition) is 3. The Morgan fingerprint density at radius 2 is 2.04 bits per heavy atom. The highest BCUT2D eigenvalue weighted by atomic mass is 16.5. The van der Waals surface area contributed by atoms with E-state index in [0.29, 0.717) is 12.0 Å². The van der Waals surface area contributed by atoms with Crippen LogP contribution in [0.2, 0.25) is 0 Å². The number of hydrogen-bond donors (Lipinski definition) is 1. The zero-order valence-corrected chi connectivity index (χ0v) is 15.3. The van der Waals surface area contributed by atoms with Crippen molar-refractivity contribution in [3.63, 3.8) is 0 Å². The molecule has 5 heteroatoms. The summed E-state index contributed by atoms with van der Waals surface area (Å²) in [6.07, 6.45) is 3.45. The maximum absolute atomic E-state index is 12.5. The van der Waals surface area contributed by atoms with Crippen LogP contribution in [0.5, 0.6) is 0 Å². The van der Waals surface area contributed by atoms with Crippen molar-refractivity contribution >= 4 is 6.03 Å². The summed E-state index contributed by atoms with van der Waals surface area (Å²) in [5.74, 6) is 0.550. The highest BCUT2D eigenvalue weighted by molar-refractivity contribution is 5.74. The monoisotopic (exact) mass is 345 g/mol. The number of amides is 2. The molecule has 2 aliphatic rings. The van der Waals surface area contributed by atoms with Crippen molar-refractivity contribution in [3.8, 4) is 0 Å². The van der Waals surface area contributed by atoms with Crippen LogP contribution in [0.1, 0.15) is 31.7 Å². The summed E-state index contributed by atoms with van der Waals surface area (Å²) in [4.78, 5) is 16.9. The van der Waals surface area contributed by atoms with E-state index in [4.69, 9.17) is 4.74 Å². The second-order valence-electron chi connectivity index (χ2n) is 7.36. The van der Waals surface area contributed by atoms with Crippen LogP contribution < -0.4 is 5.32 Å². The predicted octanol–water partition coefficient (Wildman–Crippen LogP) is 2.72. The smallest absolute Gasteiger partial charge is 0.317 e. The fourth-order valence-electron chi connectivity index (χ4n) is 3.79. The molecule has 0 aliphatic carbocycles. The van der Waals surface area contributed by atoms with Crippen molar-refractivity contribution in [1.29, 1.82) is 0 Å². The number of ether oxygens (including phenoxy) is 1.